The molecule has 2 amide bonds. The number of hydrogen-bond donors (Lipinski definition) is 3. The van der Waals surface area contributed by atoms with Crippen LogP contribution in [-0.4, -0.2) is 79.8 Å². The number of rotatable bonds is 12. The molecule has 3 N–H and O–H groups in total. The van der Waals surface area contributed by atoms with Crippen molar-refractivity contribution in [3.63, 3.8) is 0 Å². The Balaban J connectivity index is 1.42. The van der Waals surface area contributed by atoms with E-state index in [1.807, 2.05) is 0 Å². The maximum Gasteiger partial charge on any atom is 0.249 e. The third-order valence-electron chi connectivity index (χ3n) is 9.56. The number of aliphatic hydroxyl groups is 1. The second-order valence-corrected chi connectivity index (χ2v) is 12.8. The van der Waals surface area contributed by atoms with Gasteiger partial charge in [0.25, 0.3) is 0 Å². The summed E-state index contributed by atoms with van der Waals surface area (Å²) in [6.07, 6.45) is 0.193. The zero-order valence-electron chi connectivity index (χ0n) is 29.2. The number of nitrogens with zero attached hydrogens (tertiary/aromatic N) is 2. The van der Waals surface area contributed by atoms with Crippen LogP contribution < -0.4 is 39.1 Å². The number of hydrogen-bond acceptors (Lipinski definition) is 14. The highest BCUT2D eigenvalue weighted by Crippen LogP contribution is 2.56. The average Bonchev–Trinajstić information content (AvgIpc) is 3.87. The Labute approximate surface area is 302 Å². The SMILES string of the molecule is COc1cc(OC)c2c(c1Cl)OC1(C2=O)C(O)=C(C(CC(=O)NCc2noc(C3CCC(=O)N3)n2)c2cc(OC)c(OC)c(OC)c2)C(=O)CC1C. The van der Waals surface area contributed by atoms with Gasteiger partial charge in [0.2, 0.25) is 34.8 Å². The molecule has 0 saturated carbocycles. The molecule has 3 aromatic rings. The van der Waals surface area contributed by atoms with E-state index in [4.69, 9.17) is 44.5 Å². The van der Waals surface area contributed by atoms with Crippen molar-refractivity contribution in [3.8, 4) is 34.5 Å². The second-order valence-electron chi connectivity index (χ2n) is 12.5. The molecule has 6 rings (SSSR count). The van der Waals surface area contributed by atoms with E-state index in [1.165, 1.54) is 41.6 Å². The number of allylic oxidation sites excluding steroid dienone is 1. The third-order valence-corrected chi connectivity index (χ3v) is 9.92. The number of benzene rings is 2. The van der Waals surface area contributed by atoms with Crippen molar-refractivity contribution in [2.45, 2.75) is 56.7 Å². The Morgan fingerprint density at radius 1 is 1.04 bits per heavy atom. The van der Waals surface area contributed by atoms with Crippen LogP contribution in [0.3, 0.4) is 0 Å². The summed E-state index contributed by atoms with van der Waals surface area (Å²) < 4.78 is 39.1. The number of ketones is 2. The molecule has 2 aromatic carbocycles. The molecule has 276 valence electrons. The van der Waals surface area contributed by atoms with Crippen LogP contribution in [0.25, 0.3) is 0 Å². The molecule has 16 nitrogen and oxygen atoms in total. The average molecular weight is 741 g/mol. The summed E-state index contributed by atoms with van der Waals surface area (Å²) in [5.41, 5.74) is -2.03. The molecule has 1 aliphatic carbocycles. The van der Waals surface area contributed by atoms with Crippen LogP contribution in [0.15, 0.2) is 34.1 Å². The van der Waals surface area contributed by atoms with Gasteiger partial charge < -0.3 is 48.7 Å². The molecule has 1 fully saturated rings. The highest BCUT2D eigenvalue weighted by atomic mass is 35.5. The van der Waals surface area contributed by atoms with Gasteiger partial charge >= 0.3 is 0 Å². The summed E-state index contributed by atoms with van der Waals surface area (Å²) >= 11 is 6.61. The van der Waals surface area contributed by atoms with Crippen LogP contribution in [0.1, 0.15) is 72.2 Å². The lowest BCUT2D eigenvalue weighted by Gasteiger charge is -2.38. The van der Waals surface area contributed by atoms with E-state index in [-0.39, 0.29) is 81.2 Å². The van der Waals surface area contributed by atoms with Crippen LogP contribution >= 0.6 is 11.6 Å². The van der Waals surface area contributed by atoms with Gasteiger partial charge in [-0.3, -0.25) is 19.2 Å². The number of carbonyl (C=O) groups is 4. The Bertz CT molecular complexity index is 1970. The molecule has 0 radical (unpaired) electrons. The van der Waals surface area contributed by atoms with E-state index in [9.17, 15) is 24.3 Å². The minimum absolute atomic E-state index is 0.0255. The Hall–Kier alpha value is -5.51. The van der Waals surface area contributed by atoms with Gasteiger partial charge in [0.15, 0.2) is 34.6 Å². The maximum absolute atomic E-state index is 14.4. The fourth-order valence-corrected chi connectivity index (χ4v) is 7.21. The van der Waals surface area contributed by atoms with Crippen LogP contribution in [0.5, 0.6) is 34.5 Å². The summed E-state index contributed by atoms with van der Waals surface area (Å²) in [5.74, 6) is -3.39. The summed E-state index contributed by atoms with van der Waals surface area (Å²) in [6.45, 7) is 1.45. The van der Waals surface area contributed by atoms with Gasteiger partial charge in [-0.2, -0.15) is 4.98 Å². The monoisotopic (exact) mass is 740 g/mol. The van der Waals surface area contributed by atoms with Crippen molar-refractivity contribution in [2.24, 2.45) is 5.92 Å². The standard InChI is InChI=1S/C35H37ClN4O12/c1-15-9-19(41)27(32(44)35(15)33(45)28-20(46-2)13-21(47-3)29(36)31(28)51-35)17(16-10-22(48-4)30(50-6)23(11-16)49-5)12-26(43)37-14-24-39-34(52-40-24)18-7-8-25(42)38-18/h10-11,13,15,17-18,44H,7-9,12,14H2,1-6H3,(H,37,43)(H,38,42). The summed E-state index contributed by atoms with van der Waals surface area (Å²) in [6, 6.07) is 4.12. The van der Waals surface area contributed by atoms with Crippen molar-refractivity contribution in [1.82, 2.24) is 20.8 Å². The lowest BCUT2D eigenvalue weighted by molar-refractivity contribution is -0.122. The van der Waals surface area contributed by atoms with E-state index < -0.39 is 53.1 Å². The van der Waals surface area contributed by atoms with Gasteiger partial charge in [-0.05, 0) is 24.1 Å². The normalized spacial score (nSPS) is 21.4. The molecular weight excluding hydrogens is 704 g/mol. The van der Waals surface area contributed by atoms with E-state index in [0.29, 0.717) is 18.4 Å². The maximum atomic E-state index is 14.4. The first-order valence-electron chi connectivity index (χ1n) is 16.3. The van der Waals surface area contributed by atoms with Crippen LogP contribution in [0.4, 0.5) is 0 Å². The van der Waals surface area contributed by atoms with E-state index in [0.717, 1.165) is 0 Å². The number of nitrogens with one attached hydrogen (secondary N) is 2. The molecule has 52 heavy (non-hydrogen) atoms. The molecule has 1 spiro atoms. The predicted octanol–water partition coefficient (Wildman–Crippen LogP) is 3.94. The number of amides is 2. The molecule has 4 unspecified atom stereocenters. The first-order chi connectivity index (χ1) is 24.9. The van der Waals surface area contributed by atoms with Gasteiger partial charge in [0.1, 0.15) is 28.1 Å². The summed E-state index contributed by atoms with van der Waals surface area (Å²) in [7, 11) is 6.99. The summed E-state index contributed by atoms with van der Waals surface area (Å²) in [5, 5.41) is 21.6. The third kappa shape index (κ3) is 5.99. The van der Waals surface area contributed by atoms with Gasteiger partial charge in [0, 0.05) is 42.7 Å². The molecule has 0 bridgehead atoms. The smallest absolute Gasteiger partial charge is 0.249 e. The highest BCUT2D eigenvalue weighted by molar-refractivity contribution is 6.35. The Kier molecular flexibility index (Phi) is 9.94. The van der Waals surface area contributed by atoms with E-state index >= 15 is 0 Å². The van der Waals surface area contributed by atoms with E-state index in [2.05, 4.69) is 20.8 Å². The number of carbonyl (C=O) groups excluding carboxylic acids is 4. The van der Waals surface area contributed by atoms with Gasteiger partial charge in [0.05, 0.1) is 42.1 Å². The molecule has 1 aromatic heterocycles. The van der Waals surface area contributed by atoms with Crippen molar-refractivity contribution in [2.75, 3.05) is 35.5 Å². The van der Waals surface area contributed by atoms with Crippen LogP contribution in [-0.2, 0) is 20.9 Å². The minimum atomic E-state index is -2.10. The van der Waals surface area contributed by atoms with Gasteiger partial charge in [-0.1, -0.05) is 23.7 Å². The molecule has 3 heterocycles. The quantitative estimate of drug-likeness (QED) is 0.241. The van der Waals surface area contributed by atoms with Gasteiger partial charge in [-0.15, -0.1) is 0 Å². The topological polar surface area (TPSA) is 207 Å². The molecule has 1 saturated heterocycles. The highest BCUT2D eigenvalue weighted by Gasteiger charge is 2.61. The number of methoxy groups -OCH3 is 5. The number of aliphatic hydroxyl groups excluding tert-OH is 1. The molecule has 2 aliphatic heterocycles. The zero-order chi connectivity index (χ0) is 37.5. The van der Waals surface area contributed by atoms with Crippen molar-refractivity contribution in [3.05, 3.63) is 57.4 Å². The fraction of sp³-hybridized carbons (Fsp3) is 0.429. The number of halogens is 1. The van der Waals surface area contributed by atoms with Crippen LogP contribution in [0, 0.1) is 5.92 Å². The molecule has 3 aliphatic rings. The number of fused-ring (bicyclic) bond motifs is 1. The Morgan fingerprint density at radius 2 is 1.71 bits per heavy atom. The lowest BCUT2D eigenvalue weighted by atomic mass is 9.69. The van der Waals surface area contributed by atoms with Crippen molar-refractivity contribution < 1.29 is 57.2 Å². The fourth-order valence-electron chi connectivity index (χ4n) is 6.94. The van der Waals surface area contributed by atoms with Gasteiger partial charge in [-0.25, -0.2) is 0 Å². The Morgan fingerprint density at radius 3 is 2.31 bits per heavy atom. The van der Waals surface area contributed by atoms with E-state index in [1.54, 1.807) is 19.1 Å². The first kappa shape index (κ1) is 36.3. The largest absolute Gasteiger partial charge is 0.507 e. The molecule has 4 atom stereocenters. The van der Waals surface area contributed by atoms with Crippen molar-refractivity contribution in [1.29, 1.82) is 0 Å². The minimum Gasteiger partial charge on any atom is -0.507 e. The lowest BCUT2D eigenvalue weighted by Crippen LogP contribution is -2.53. The van der Waals surface area contributed by atoms with Crippen molar-refractivity contribution >= 4 is 35.0 Å². The predicted molar refractivity (Wildman–Crippen MR) is 180 cm³/mol. The number of ether oxygens (including phenoxy) is 6. The molecular formula is C35H37ClN4O12. The summed E-state index contributed by atoms with van der Waals surface area (Å²) in [4.78, 5) is 58.1. The molecule has 17 heteroatoms. The van der Waals surface area contributed by atoms with Crippen LogP contribution in [0.2, 0.25) is 5.02 Å². The second kappa shape index (κ2) is 14.3. The number of Topliss-reactive ketones (excluding diaryl/α,β-unsaturated/α-hetero) is 2. The first-order valence-corrected chi connectivity index (χ1v) is 16.6. The zero-order valence-corrected chi connectivity index (χ0v) is 30.0. The number of aromatic nitrogens is 2.